The van der Waals surface area contributed by atoms with Crippen LogP contribution in [0.1, 0.15) is 56.7 Å². The summed E-state index contributed by atoms with van der Waals surface area (Å²) in [6.07, 6.45) is 11.2. The average Bonchev–Trinajstić information content (AvgIpc) is 3.04. The van der Waals surface area contributed by atoms with Crippen molar-refractivity contribution >= 4 is 28.1 Å². The summed E-state index contributed by atoms with van der Waals surface area (Å²) in [5.74, 6) is 0.857. The Balaban J connectivity index is 1.26. The quantitative estimate of drug-likeness (QED) is 0.445. The van der Waals surface area contributed by atoms with Crippen LogP contribution in [0.3, 0.4) is 0 Å². The van der Waals surface area contributed by atoms with Crippen molar-refractivity contribution in [3.63, 3.8) is 0 Å². The van der Waals surface area contributed by atoms with Crippen LogP contribution in [0.4, 0.5) is 0 Å². The third-order valence-electron chi connectivity index (χ3n) is 9.06. The van der Waals surface area contributed by atoms with Crippen LogP contribution in [0, 0.1) is 5.92 Å². The van der Waals surface area contributed by atoms with Crippen molar-refractivity contribution in [2.45, 2.75) is 57.9 Å². The second kappa shape index (κ2) is 13.1. The summed E-state index contributed by atoms with van der Waals surface area (Å²) < 4.78 is 5.54. The maximum atomic E-state index is 12.3. The summed E-state index contributed by atoms with van der Waals surface area (Å²) in [5, 5.41) is 5.50. The van der Waals surface area contributed by atoms with Gasteiger partial charge in [-0.25, -0.2) is 0 Å². The molecule has 3 fully saturated rings. The smallest absolute Gasteiger partial charge is 0.219 e. The van der Waals surface area contributed by atoms with Crippen LogP contribution in [-0.2, 0) is 16.0 Å². The molecule has 3 aliphatic rings. The lowest BCUT2D eigenvalue weighted by Gasteiger charge is -2.31. The van der Waals surface area contributed by atoms with Crippen molar-refractivity contribution in [2.75, 3.05) is 39.4 Å². The normalized spacial score (nSPS) is 21.2. The lowest BCUT2D eigenvalue weighted by Crippen LogP contribution is -2.40. The minimum atomic E-state index is 0.0561. The lowest BCUT2D eigenvalue weighted by atomic mass is 9.92. The van der Waals surface area contributed by atoms with Crippen LogP contribution in [0.5, 0.6) is 0 Å². The maximum Gasteiger partial charge on any atom is 0.219 e. The van der Waals surface area contributed by atoms with Crippen molar-refractivity contribution in [2.24, 2.45) is 16.6 Å². The molecule has 3 aromatic rings. The van der Waals surface area contributed by atoms with Gasteiger partial charge in [-0.1, -0.05) is 18.2 Å². The first kappa shape index (κ1) is 28.5. The molecule has 1 amide bonds. The monoisotopic (exact) mass is 566 g/mol. The molecule has 3 N–H and O–H groups in total. The number of amides is 1. The van der Waals surface area contributed by atoms with Gasteiger partial charge in [0, 0.05) is 91.2 Å². The van der Waals surface area contributed by atoms with Crippen LogP contribution in [0.2, 0.25) is 0 Å². The number of nitrogens with one attached hydrogen (secondary N) is 1. The molecule has 0 bridgehead atoms. The summed E-state index contributed by atoms with van der Waals surface area (Å²) in [7, 11) is 0. The van der Waals surface area contributed by atoms with E-state index in [9.17, 15) is 4.79 Å². The van der Waals surface area contributed by atoms with Gasteiger partial charge in [0.2, 0.25) is 5.91 Å². The van der Waals surface area contributed by atoms with Crippen LogP contribution in [-0.4, -0.2) is 71.9 Å². The number of nitrogens with two attached hydrogens (primary N) is 1. The van der Waals surface area contributed by atoms with E-state index in [-0.39, 0.29) is 11.9 Å². The largest absolute Gasteiger partial charge is 0.398 e. The fraction of sp³-hybridized carbons (Fsp3) is 0.471. The fourth-order valence-corrected chi connectivity index (χ4v) is 6.41. The van der Waals surface area contributed by atoms with Gasteiger partial charge in [0.1, 0.15) is 0 Å². The van der Waals surface area contributed by atoms with E-state index in [0.717, 1.165) is 96.1 Å². The number of piperidine rings is 2. The number of aromatic nitrogens is 2. The Morgan fingerprint density at radius 2 is 1.93 bits per heavy atom. The van der Waals surface area contributed by atoms with Gasteiger partial charge in [0.15, 0.2) is 0 Å². The molecule has 2 aromatic heterocycles. The highest BCUT2D eigenvalue weighted by molar-refractivity contribution is 6.10. The van der Waals surface area contributed by atoms with Crippen molar-refractivity contribution in [1.29, 1.82) is 0 Å². The maximum absolute atomic E-state index is 12.3. The number of hydrogen-bond donors (Lipinski definition) is 2. The third-order valence-corrected chi connectivity index (χ3v) is 9.06. The number of aryl methyl sites for hydroxylation is 1. The van der Waals surface area contributed by atoms with E-state index in [1.807, 2.05) is 29.4 Å². The van der Waals surface area contributed by atoms with E-state index in [1.54, 1.807) is 6.92 Å². The highest BCUT2D eigenvalue weighted by Gasteiger charge is 2.26. The predicted molar refractivity (Wildman–Crippen MR) is 168 cm³/mol. The Morgan fingerprint density at radius 3 is 2.69 bits per heavy atom. The minimum Gasteiger partial charge on any atom is -0.398 e. The molecule has 0 radical (unpaired) electrons. The number of benzene rings is 1. The van der Waals surface area contributed by atoms with Crippen LogP contribution in [0.25, 0.3) is 27.7 Å². The molecule has 8 nitrogen and oxygen atoms in total. The van der Waals surface area contributed by atoms with Gasteiger partial charge in [-0.3, -0.25) is 19.8 Å². The molecular weight excluding hydrogens is 524 g/mol. The summed E-state index contributed by atoms with van der Waals surface area (Å²) in [6, 6.07) is 12.8. The van der Waals surface area contributed by atoms with E-state index in [1.165, 1.54) is 19.3 Å². The molecule has 0 aliphatic carbocycles. The second-order valence-electron chi connectivity index (χ2n) is 11.9. The SMILES string of the molecule is CC(=O)N1CCC(=NC2CCOCC2)/C(=C(\N)c2cccc3cc(-c4ccc(CCC5CCNCC5)nc4)ncc23)C1. The number of aliphatic imine (C=N–C) groups is 1. The molecule has 8 heteroatoms. The fourth-order valence-electron chi connectivity index (χ4n) is 6.41. The first-order valence-corrected chi connectivity index (χ1v) is 15.5. The van der Waals surface area contributed by atoms with Gasteiger partial charge in [0.05, 0.1) is 11.7 Å². The Kier molecular flexibility index (Phi) is 8.91. The van der Waals surface area contributed by atoms with Gasteiger partial charge in [-0.2, -0.15) is 0 Å². The molecule has 3 saturated heterocycles. The summed E-state index contributed by atoms with van der Waals surface area (Å²) in [4.78, 5) is 28.9. The molecule has 6 rings (SSSR count). The number of nitrogens with zero attached hydrogens (tertiary/aromatic N) is 4. The Hall–Kier alpha value is -3.62. The first-order chi connectivity index (χ1) is 20.5. The van der Waals surface area contributed by atoms with Gasteiger partial charge >= 0.3 is 0 Å². The molecule has 3 aliphatic heterocycles. The molecule has 0 unspecified atom stereocenters. The topological polar surface area (TPSA) is 106 Å². The van der Waals surface area contributed by atoms with Crippen molar-refractivity contribution in [1.82, 2.24) is 20.2 Å². The average molecular weight is 567 g/mol. The first-order valence-electron chi connectivity index (χ1n) is 15.5. The number of hydrogen-bond acceptors (Lipinski definition) is 7. The Bertz CT molecular complexity index is 1470. The van der Waals surface area contributed by atoms with Gasteiger partial charge < -0.3 is 20.7 Å². The standard InChI is InChI=1S/C34H42N6O2/c1-23(41)40-16-11-32(39-28-12-17-42-18-13-28)31(22-40)34(35)29-4-2-3-25-19-33(38-21-30(25)29)26-6-8-27(37-20-26)7-5-24-9-14-36-15-10-24/h2-4,6,8,19-21,24,28,36H,5,7,9-18,22,35H2,1H3/b34-31-,39-32?. The van der Waals surface area contributed by atoms with Gasteiger partial charge in [-0.05, 0) is 81.1 Å². The molecule has 0 spiro atoms. The highest BCUT2D eigenvalue weighted by atomic mass is 16.5. The second-order valence-corrected chi connectivity index (χ2v) is 11.9. The van der Waals surface area contributed by atoms with Crippen molar-refractivity contribution in [3.8, 4) is 11.3 Å². The number of ether oxygens (including phenoxy) is 1. The van der Waals surface area contributed by atoms with Crippen molar-refractivity contribution in [3.05, 3.63) is 65.6 Å². The van der Waals surface area contributed by atoms with Crippen molar-refractivity contribution < 1.29 is 9.53 Å². The molecule has 0 saturated carbocycles. The van der Waals surface area contributed by atoms with E-state index in [2.05, 4.69) is 29.6 Å². The van der Waals surface area contributed by atoms with Crippen LogP contribution >= 0.6 is 0 Å². The van der Waals surface area contributed by atoms with E-state index in [0.29, 0.717) is 25.2 Å². The van der Waals surface area contributed by atoms with Crippen LogP contribution in [0.15, 0.2) is 59.4 Å². The molecule has 1 aromatic carbocycles. The highest BCUT2D eigenvalue weighted by Crippen LogP contribution is 2.30. The van der Waals surface area contributed by atoms with Gasteiger partial charge in [-0.15, -0.1) is 0 Å². The van der Waals surface area contributed by atoms with E-state index >= 15 is 0 Å². The number of rotatable bonds is 6. The predicted octanol–water partition coefficient (Wildman–Crippen LogP) is 4.77. The third kappa shape index (κ3) is 6.55. The zero-order chi connectivity index (χ0) is 28.9. The summed E-state index contributed by atoms with van der Waals surface area (Å²) >= 11 is 0. The lowest BCUT2D eigenvalue weighted by molar-refractivity contribution is -0.128. The summed E-state index contributed by atoms with van der Waals surface area (Å²) in [5.41, 5.74) is 13.6. The number of pyridine rings is 2. The molecule has 42 heavy (non-hydrogen) atoms. The molecule has 0 atom stereocenters. The zero-order valence-electron chi connectivity index (χ0n) is 24.6. The number of carbonyl (C=O) groups excluding carboxylic acids is 1. The Labute approximate surface area is 248 Å². The minimum absolute atomic E-state index is 0.0561. The number of carbonyl (C=O) groups is 1. The Morgan fingerprint density at radius 1 is 1.10 bits per heavy atom. The number of fused-ring (bicyclic) bond motifs is 1. The van der Waals surface area contributed by atoms with Gasteiger partial charge in [0.25, 0.3) is 0 Å². The summed E-state index contributed by atoms with van der Waals surface area (Å²) in [6.45, 7) is 6.51. The molecule has 220 valence electrons. The van der Waals surface area contributed by atoms with Crippen LogP contribution < -0.4 is 11.1 Å². The zero-order valence-corrected chi connectivity index (χ0v) is 24.6. The van der Waals surface area contributed by atoms with E-state index < -0.39 is 0 Å². The van der Waals surface area contributed by atoms with E-state index in [4.69, 9.17) is 25.4 Å². The molecular formula is C34H42N6O2. The number of likely N-dealkylation sites (tertiary alicyclic amines) is 1. The molecule has 5 heterocycles.